The van der Waals surface area contributed by atoms with Crippen LogP contribution in [0.5, 0.6) is 0 Å². The van der Waals surface area contributed by atoms with Crippen molar-refractivity contribution in [2.75, 3.05) is 11.9 Å². The van der Waals surface area contributed by atoms with Crippen LogP contribution in [0.25, 0.3) is 0 Å². The predicted molar refractivity (Wildman–Crippen MR) is 92.6 cm³/mol. The lowest BCUT2D eigenvalue weighted by atomic mass is 10.2. The van der Waals surface area contributed by atoms with Gasteiger partial charge in [-0.25, -0.2) is 0 Å². The highest BCUT2D eigenvalue weighted by atomic mass is 16.6. The van der Waals surface area contributed by atoms with E-state index >= 15 is 0 Å². The minimum absolute atomic E-state index is 0.159. The molecule has 0 aliphatic carbocycles. The lowest BCUT2D eigenvalue weighted by molar-refractivity contribution is -0.385. The van der Waals surface area contributed by atoms with Crippen molar-refractivity contribution in [3.05, 3.63) is 33.9 Å². The third-order valence-corrected chi connectivity index (χ3v) is 3.67. The highest BCUT2D eigenvalue weighted by Crippen LogP contribution is 2.17. The van der Waals surface area contributed by atoms with Crippen LogP contribution in [0.2, 0.25) is 0 Å². The van der Waals surface area contributed by atoms with Gasteiger partial charge in [-0.1, -0.05) is 13.8 Å². The van der Waals surface area contributed by atoms with E-state index in [4.69, 9.17) is 0 Å². The van der Waals surface area contributed by atoms with Crippen molar-refractivity contribution in [2.24, 2.45) is 13.0 Å². The third kappa shape index (κ3) is 4.23. The second-order valence-electron chi connectivity index (χ2n) is 6.21. The summed E-state index contributed by atoms with van der Waals surface area (Å²) in [6.07, 6.45) is 2.47. The minimum atomic E-state index is -0.560. The van der Waals surface area contributed by atoms with Gasteiger partial charge in [-0.15, -0.1) is 0 Å². The number of rotatable bonds is 7. The molecule has 0 fully saturated rings. The number of nitrogens with zero attached hydrogens (tertiary/aromatic N) is 5. The molecule has 0 aromatic carbocycles. The van der Waals surface area contributed by atoms with Crippen molar-refractivity contribution >= 4 is 23.2 Å². The van der Waals surface area contributed by atoms with E-state index in [2.05, 4.69) is 20.8 Å². The Morgan fingerprint density at radius 3 is 2.58 bits per heavy atom. The molecule has 0 atom stereocenters. The number of anilines is 1. The van der Waals surface area contributed by atoms with Crippen LogP contribution in [-0.2, 0) is 18.4 Å². The summed E-state index contributed by atoms with van der Waals surface area (Å²) in [5.74, 6) is -0.541. The molecule has 0 radical (unpaired) electrons. The van der Waals surface area contributed by atoms with Crippen LogP contribution in [-0.4, -0.2) is 42.8 Å². The van der Waals surface area contributed by atoms with Gasteiger partial charge in [-0.2, -0.15) is 10.2 Å². The summed E-state index contributed by atoms with van der Waals surface area (Å²) in [6.45, 7) is 5.72. The molecule has 11 nitrogen and oxygen atoms in total. The molecule has 2 heterocycles. The van der Waals surface area contributed by atoms with Crippen molar-refractivity contribution in [1.82, 2.24) is 24.9 Å². The molecule has 2 amide bonds. The monoisotopic (exact) mass is 363 g/mol. The van der Waals surface area contributed by atoms with Crippen LogP contribution < -0.4 is 10.6 Å². The van der Waals surface area contributed by atoms with Gasteiger partial charge in [0, 0.05) is 13.6 Å². The standard InChI is InChI=1S/C15H21N7O4/c1-9(2)5-16-15(24)14-11(6-17-20(14)4)19-13(23)8-21-10(3)12(7-18-21)22(25)26/h6-7,9H,5,8H2,1-4H3,(H,16,24)(H,19,23). The van der Waals surface area contributed by atoms with E-state index in [1.807, 2.05) is 13.8 Å². The molecule has 0 bridgehead atoms. The van der Waals surface area contributed by atoms with Crippen LogP contribution in [0.4, 0.5) is 11.4 Å². The fourth-order valence-corrected chi connectivity index (χ4v) is 2.28. The molecule has 11 heteroatoms. The molecule has 2 aromatic heterocycles. The van der Waals surface area contributed by atoms with Crippen molar-refractivity contribution < 1.29 is 14.5 Å². The van der Waals surface area contributed by atoms with Gasteiger partial charge in [0.05, 0.1) is 16.8 Å². The Kier molecular flexibility index (Phi) is 5.70. The SMILES string of the molecule is Cc1c([N+](=O)[O-])cnn1CC(=O)Nc1cnn(C)c1C(=O)NCC(C)C. The van der Waals surface area contributed by atoms with E-state index in [1.165, 1.54) is 22.5 Å². The van der Waals surface area contributed by atoms with Gasteiger partial charge in [0.15, 0.2) is 0 Å². The number of amides is 2. The van der Waals surface area contributed by atoms with E-state index in [9.17, 15) is 19.7 Å². The summed E-state index contributed by atoms with van der Waals surface area (Å²) in [6, 6.07) is 0. The van der Waals surface area contributed by atoms with Gasteiger partial charge in [0.2, 0.25) is 5.91 Å². The smallest absolute Gasteiger partial charge is 0.309 e. The zero-order valence-corrected chi connectivity index (χ0v) is 15.0. The van der Waals surface area contributed by atoms with E-state index in [-0.39, 0.29) is 41.1 Å². The van der Waals surface area contributed by atoms with Gasteiger partial charge in [-0.05, 0) is 12.8 Å². The summed E-state index contributed by atoms with van der Waals surface area (Å²) in [4.78, 5) is 34.8. The third-order valence-electron chi connectivity index (χ3n) is 3.67. The van der Waals surface area contributed by atoms with Gasteiger partial charge in [0.1, 0.15) is 24.1 Å². The molecule has 2 rings (SSSR count). The molecule has 140 valence electrons. The Hall–Kier alpha value is -3.24. The van der Waals surface area contributed by atoms with Gasteiger partial charge in [0.25, 0.3) is 5.91 Å². The lowest BCUT2D eigenvalue weighted by Gasteiger charge is -2.10. The average Bonchev–Trinajstić information content (AvgIpc) is 3.08. The van der Waals surface area contributed by atoms with Crippen molar-refractivity contribution in [2.45, 2.75) is 27.3 Å². The number of hydrogen-bond acceptors (Lipinski definition) is 6. The Balaban J connectivity index is 2.10. The van der Waals surface area contributed by atoms with Crippen molar-refractivity contribution in [3.63, 3.8) is 0 Å². The molecule has 0 spiro atoms. The van der Waals surface area contributed by atoms with Crippen LogP contribution in [0.15, 0.2) is 12.4 Å². The molecular weight excluding hydrogens is 342 g/mol. The number of aryl methyl sites for hydroxylation is 1. The van der Waals surface area contributed by atoms with E-state index in [0.29, 0.717) is 6.54 Å². The summed E-state index contributed by atoms with van der Waals surface area (Å²) in [5, 5.41) is 24.1. The molecule has 0 saturated carbocycles. The summed E-state index contributed by atoms with van der Waals surface area (Å²) < 4.78 is 2.59. The molecule has 0 saturated heterocycles. The Morgan fingerprint density at radius 1 is 1.31 bits per heavy atom. The Labute approximate surface area is 149 Å². The number of carbonyl (C=O) groups is 2. The molecule has 0 unspecified atom stereocenters. The normalized spacial score (nSPS) is 10.8. The molecule has 0 aliphatic rings. The van der Waals surface area contributed by atoms with Crippen LogP contribution in [0, 0.1) is 23.0 Å². The second-order valence-corrected chi connectivity index (χ2v) is 6.21. The van der Waals surface area contributed by atoms with Crippen LogP contribution >= 0.6 is 0 Å². The van der Waals surface area contributed by atoms with Gasteiger partial charge < -0.3 is 10.6 Å². The highest BCUT2D eigenvalue weighted by molar-refractivity contribution is 6.02. The summed E-state index contributed by atoms with van der Waals surface area (Å²) >= 11 is 0. The molecule has 2 aromatic rings. The number of nitrogens with one attached hydrogen (secondary N) is 2. The predicted octanol–water partition coefficient (Wildman–Crippen LogP) is 0.858. The second kappa shape index (κ2) is 7.76. The summed E-state index contributed by atoms with van der Waals surface area (Å²) in [5.41, 5.74) is 0.597. The Bertz CT molecular complexity index is 837. The van der Waals surface area contributed by atoms with Crippen molar-refractivity contribution in [3.8, 4) is 0 Å². The number of hydrogen-bond donors (Lipinski definition) is 2. The molecule has 2 N–H and O–H groups in total. The first kappa shape index (κ1) is 19.1. The first-order valence-corrected chi connectivity index (χ1v) is 7.97. The van der Waals surface area contributed by atoms with E-state index in [0.717, 1.165) is 6.20 Å². The fourth-order valence-electron chi connectivity index (χ4n) is 2.28. The quantitative estimate of drug-likeness (QED) is 0.553. The maximum absolute atomic E-state index is 12.3. The Morgan fingerprint density at radius 2 is 2.00 bits per heavy atom. The number of carbonyl (C=O) groups excluding carboxylic acids is 2. The van der Waals surface area contributed by atoms with Crippen molar-refractivity contribution in [1.29, 1.82) is 0 Å². The van der Waals surface area contributed by atoms with Gasteiger partial charge in [-0.3, -0.25) is 29.1 Å². The first-order valence-electron chi connectivity index (χ1n) is 7.97. The lowest BCUT2D eigenvalue weighted by Crippen LogP contribution is -2.30. The van der Waals surface area contributed by atoms with E-state index in [1.54, 1.807) is 7.05 Å². The maximum atomic E-state index is 12.3. The molecular formula is C15H21N7O4. The fraction of sp³-hybridized carbons (Fsp3) is 0.467. The average molecular weight is 363 g/mol. The zero-order chi connectivity index (χ0) is 19.4. The first-order chi connectivity index (χ1) is 12.2. The largest absolute Gasteiger partial charge is 0.350 e. The van der Waals surface area contributed by atoms with Crippen LogP contribution in [0.1, 0.15) is 30.0 Å². The molecule has 0 aliphatic heterocycles. The minimum Gasteiger partial charge on any atom is -0.350 e. The molecule has 26 heavy (non-hydrogen) atoms. The number of nitro groups is 1. The zero-order valence-electron chi connectivity index (χ0n) is 15.0. The van der Waals surface area contributed by atoms with Gasteiger partial charge >= 0.3 is 5.69 Å². The number of aromatic nitrogens is 4. The maximum Gasteiger partial charge on any atom is 0.309 e. The van der Waals surface area contributed by atoms with E-state index < -0.39 is 10.8 Å². The topological polar surface area (TPSA) is 137 Å². The summed E-state index contributed by atoms with van der Waals surface area (Å²) in [7, 11) is 1.60. The van der Waals surface area contributed by atoms with Crippen LogP contribution in [0.3, 0.4) is 0 Å². The highest BCUT2D eigenvalue weighted by Gasteiger charge is 2.21.